The van der Waals surface area contributed by atoms with Crippen LogP contribution in [0.1, 0.15) is 70.6 Å². The Morgan fingerprint density at radius 2 is 2.14 bits per heavy atom. The van der Waals surface area contributed by atoms with Crippen LogP contribution in [0.2, 0.25) is 0 Å². The number of unbranched alkanes of at least 4 members (excludes halogenated alkanes) is 1. The molecule has 0 saturated heterocycles. The number of rotatable bonds is 8. The molecule has 3 rings (SSSR count). The number of aromatic nitrogens is 4. The van der Waals surface area contributed by atoms with E-state index in [1.165, 1.54) is 11.3 Å². The summed E-state index contributed by atoms with van der Waals surface area (Å²) in [4.78, 5) is 28.3. The van der Waals surface area contributed by atoms with Gasteiger partial charge >= 0.3 is 5.97 Å². The van der Waals surface area contributed by atoms with Gasteiger partial charge < -0.3 is 10.4 Å². The van der Waals surface area contributed by atoms with Crippen LogP contribution < -0.4 is 5.32 Å². The molecule has 2 aromatic rings. The minimum Gasteiger partial charge on any atom is -0.481 e. The van der Waals surface area contributed by atoms with E-state index in [-0.39, 0.29) is 17.9 Å². The third-order valence-corrected chi connectivity index (χ3v) is 6.25. The van der Waals surface area contributed by atoms with E-state index in [9.17, 15) is 14.7 Å². The van der Waals surface area contributed by atoms with Gasteiger partial charge in [0.1, 0.15) is 4.88 Å². The Balaban J connectivity index is 1.39. The summed E-state index contributed by atoms with van der Waals surface area (Å²) in [6.07, 6.45) is 7.74. The van der Waals surface area contributed by atoms with Crippen LogP contribution in [0.3, 0.4) is 0 Å². The first-order chi connectivity index (χ1) is 13.4. The highest BCUT2D eigenvalue weighted by Crippen LogP contribution is 2.32. The van der Waals surface area contributed by atoms with Gasteiger partial charge in [-0.1, -0.05) is 11.6 Å². The lowest BCUT2D eigenvalue weighted by Gasteiger charge is -2.26. The van der Waals surface area contributed by atoms with Gasteiger partial charge in [0.15, 0.2) is 0 Å². The molecule has 1 aliphatic rings. The van der Waals surface area contributed by atoms with E-state index in [4.69, 9.17) is 0 Å². The van der Waals surface area contributed by atoms with E-state index >= 15 is 0 Å². The van der Waals surface area contributed by atoms with Crippen molar-refractivity contribution in [2.75, 3.05) is 6.54 Å². The van der Waals surface area contributed by atoms with Gasteiger partial charge in [-0.05, 0) is 52.4 Å². The predicted octanol–water partition coefficient (Wildman–Crippen LogP) is 2.92. The second-order valence-electron chi connectivity index (χ2n) is 7.41. The number of aryl methyl sites for hydroxylation is 3. The summed E-state index contributed by atoms with van der Waals surface area (Å²) >= 11 is 1.42. The van der Waals surface area contributed by atoms with Gasteiger partial charge in [-0.25, -0.2) is 9.67 Å². The largest absolute Gasteiger partial charge is 0.481 e. The summed E-state index contributed by atoms with van der Waals surface area (Å²) < 4.78 is 1.83. The van der Waals surface area contributed by atoms with Crippen LogP contribution in [-0.2, 0) is 11.2 Å². The van der Waals surface area contributed by atoms with Crippen molar-refractivity contribution in [2.45, 2.75) is 64.8 Å². The van der Waals surface area contributed by atoms with Crippen molar-refractivity contribution >= 4 is 23.2 Å². The molecule has 0 aliphatic heterocycles. The van der Waals surface area contributed by atoms with E-state index in [0.29, 0.717) is 17.8 Å². The lowest BCUT2D eigenvalue weighted by molar-refractivity contribution is -0.143. The summed E-state index contributed by atoms with van der Waals surface area (Å²) in [5.41, 5.74) is 1.70. The number of nitrogens with one attached hydrogen (secondary N) is 1. The number of hydrogen-bond donors (Lipinski definition) is 2. The van der Waals surface area contributed by atoms with Crippen LogP contribution >= 0.6 is 11.3 Å². The maximum absolute atomic E-state index is 12.2. The van der Waals surface area contributed by atoms with Gasteiger partial charge in [-0.2, -0.15) is 0 Å². The molecule has 0 spiro atoms. The third-order valence-electron chi connectivity index (χ3n) is 5.18. The van der Waals surface area contributed by atoms with Crippen LogP contribution in [0.15, 0.2) is 6.20 Å². The molecule has 2 aromatic heterocycles. The van der Waals surface area contributed by atoms with Crippen molar-refractivity contribution in [3.05, 3.63) is 27.5 Å². The number of carboxylic acids is 1. The van der Waals surface area contributed by atoms with Gasteiger partial charge in [-0.15, -0.1) is 16.4 Å². The molecular weight excluding hydrogens is 378 g/mol. The van der Waals surface area contributed by atoms with Crippen LogP contribution in [0.5, 0.6) is 0 Å². The Morgan fingerprint density at radius 3 is 2.86 bits per heavy atom. The van der Waals surface area contributed by atoms with E-state index in [1.807, 2.05) is 24.7 Å². The number of carboxylic acid groups (broad SMARTS) is 1. The van der Waals surface area contributed by atoms with Crippen LogP contribution in [-0.4, -0.2) is 43.5 Å². The molecule has 1 amide bonds. The van der Waals surface area contributed by atoms with Crippen molar-refractivity contribution in [1.29, 1.82) is 0 Å². The quantitative estimate of drug-likeness (QED) is 0.654. The lowest BCUT2D eigenvalue weighted by Crippen LogP contribution is -2.25. The number of carbonyl (C=O) groups excluding carboxylic acids is 1. The standard InChI is InChI=1S/C19H27N5O3S/c1-12-17(28-13(2)21-12)18(25)20-9-4-3-7-15-11-24(23-22-15)16-8-5-6-14(10-16)19(26)27/h11,14,16H,3-10H2,1-2H3,(H,20,25)(H,26,27). The fourth-order valence-electron chi connectivity index (χ4n) is 3.69. The molecule has 1 fully saturated rings. The molecule has 0 radical (unpaired) electrons. The van der Waals surface area contributed by atoms with Crippen molar-refractivity contribution in [3.8, 4) is 0 Å². The number of aliphatic carboxylic acids is 1. The molecule has 28 heavy (non-hydrogen) atoms. The highest BCUT2D eigenvalue weighted by molar-refractivity contribution is 7.13. The molecule has 1 aliphatic carbocycles. The number of thiazole rings is 1. The van der Waals surface area contributed by atoms with Crippen molar-refractivity contribution in [1.82, 2.24) is 25.3 Å². The Labute approximate surface area is 168 Å². The van der Waals surface area contributed by atoms with Crippen LogP contribution in [0.25, 0.3) is 0 Å². The Kier molecular flexibility index (Phi) is 6.77. The molecule has 2 atom stereocenters. The summed E-state index contributed by atoms with van der Waals surface area (Å²) in [5.74, 6) is -1.05. The zero-order valence-electron chi connectivity index (χ0n) is 16.3. The van der Waals surface area contributed by atoms with Gasteiger partial charge in [0.2, 0.25) is 0 Å². The van der Waals surface area contributed by atoms with Crippen molar-refractivity contribution in [3.63, 3.8) is 0 Å². The minimum absolute atomic E-state index is 0.0562. The molecule has 2 heterocycles. The van der Waals surface area contributed by atoms with E-state index < -0.39 is 5.97 Å². The molecule has 2 N–H and O–H groups in total. The molecule has 0 bridgehead atoms. The van der Waals surface area contributed by atoms with Crippen LogP contribution in [0.4, 0.5) is 0 Å². The van der Waals surface area contributed by atoms with E-state index in [2.05, 4.69) is 20.6 Å². The van der Waals surface area contributed by atoms with Gasteiger partial charge in [0.05, 0.1) is 28.4 Å². The summed E-state index contributed by atoms with van der Waals surface area (Å²) in [6.45, 7) is 4.37. The SMILES string of the molecule is Cc1nc(C)c(C(=O)NCCCCc2cn(C3CCCC(C(=O)O)C3)nn2)s1. The molecule has 2 unspecified atom stereocenters. The zero-order chi connectivity index (χ0) is 20.1. The molecule has 0 aromatic carbocycles. The van der Waals surface area contributed by atoms with Crippen molar-refractivity contribution in [2.24, 2.45) is 5.92 Å². The van der Waals surface area contributed by atoms with Gasteiger partial charge in [0, 0.05) is 12.7 Å². The van der Waals surface area contributed by atoms with Gasteiger partial charge in [-0.3, -0.25) is 9.59 Å². The van der Waals surface area contributed by atoms with Crippen molar-refractivity contribution < 1.29 is 14.7 Å². The fourth-order valence-corrected chi connectivity index (χ4v) is 4.53. The Bertz CT molecular complexity index is 831. The normalized spacial score (nSPS) is 19.5. The number of nitrogens with zero attached hydrogens (tertiary/aromatic N) is 4. The first-order valence-corrected chi connectivity index (χ1v) is 10.6. The second kappa shape index (κ2) is 9.27. The molecular formula is C19H27N5O3S. The topological polar surface area (TPSA) is 110 Å². The molecule has 1 saturated carbocycles. The predicted molar refractivity (Wildman–Crippen MR) is 106 cm³/mol. The summed E-state index contributed by atoms with van der Waals surface area (Å²) in [7, 11) is 0. The van der Waals surface area contributed by atoms with E-state index in [1.54, 1.807) is 0 Å². The molecule has 152 valence electrons. The van der Waals surface area contributed by atoms with Crippen LogP contribution in [0, 0.1) is 19.8 Å². The first kappa shape index (κ1) is 20.4. The first-order valence-electron chi connectivity index (χ1n) is 9.79. The molecule has 9 heteroatoms. The average molecular weight is 406 g/mol. The van der Waals surface area contributed by atoms with E-state index in [0.717, 1.165) is 54.9 Å². The second-order valence-corrected chi connectivity index (χ2v) is 8.61. The minimum atomic E-state index is -0.712. The lowest BCUT2D eigenvalue weighted by atomic mass is 9.86. The summed E-state index contributed by atoms with van der Waals surface area (Å²) in [6, 6.07) is 0.126. The smallest absolute Gasteiger partial charge is 0.306 e. The summed E-state index contributed by atoms with van der Waals surface area (Å²) in [5, 5.41) is 21.5. The maximum atomic E-state index is 12.2. The molecule has 8 nitrogen and oxygen atoms in total. The number of hydrogen-bond acceptors (Lipinski definition) is 6. The van der Waals surface area contributed by atoms with Gasteiger partial charge in [0.25, 0.3) is 5.91 Å². The number of carbonyl (C=O) groups is 2. The zero-order valence-corrected chi connectivity index (χ0v) is 17.2. The number of amides is 1. The third kappa shape index (κ3) is 5.15. The average Bonchev–Trinajstić information content (AvgIpc) is 3.27. The maximum Gasteiger partial charge on any atom is 0.306 e. The Morgan fingerprint density at radius 1 is 1.32 bits per heavy atom. The Hall–Kier alpha value is -2.29. The fraction of sp³-hybridized carbons (Fsp3) is 0.632. The monoisotopic (exact) mass is 405 g/mol. The highest BCUT2D eigenvalue weighted by Gasteiger charge is 2.28. The highest BCUT2D eigenvalue weighted by atomic mass is 32.1.